The normalized spacial score (nSPS) is 37.7. The second-order valence-electron chi connectivity index (χ2n) is 29.0. The molecule has 0 radical (unpaired) electrons. The zero-order valence-corrected chi connectivity index (χ0v) is 49.5. The van der Waals surface area contributed by atoms with E-state index in [1.54, 1.807) is 11.1 Å². The number of hydrogen-bond acceptors (Lipinski definition) is 4. The Morgan fingerprint density at radius 3 is 1.32 bits per heavy atom. The predicted molar refractivity (Wildman–Crippen MR) is 308 cm³/mol. The van der Waals surface area contributed by atoms with E-state index in [-0.39, 0.29) is 35.0 Å². The summed E-state index contributed by atoms with van der Waals surface area (Å²) < 4.78 is 12.3. The summed E-state index contributed by atoms with van der Waals surface area (Å²) in [5.41, 5.74) is 4.85. The largest absolute Gasteiger partial charge is 0.462 e. The Morgan fingerprint density at radius 1 is 0.500 bits per heavy atom. The van der Waals surface area contributed by atoms with Gasteiger partial charge in [-0.15, -0.1) is 0 Å². The highest BCUT2D eigenvalue weighted by atomic mass is 16.5. The van der Waals surface area contributed by atoms with Gasteiger partial charge in [0, 0.05) is 38.5 Å². The van der Waals surface area contributed by atoms with Crippen molar-refractivity contribution in [2.24, 2.45) is 92.7 Å². The molecule has 4 nitrogen and oxygen atoms in total. The van der Waals surface area contributed by atoms with Gasteiger partial charge in [-0.3, -0.25) is 9.59 Å². The van der Waals surface area contributed by atoms with E-state index < -0.39 is 0 Å². The molecule has 8 rings (SSSR count). The fourth-order valence-electron chi connectivity index (χ4n) is 19.5. The van der Waals surface area contributed by atoms with Crippen LogP contribution in [-0.2, 0) is 19.1 Å². The van der Waals surface area contributed by atoms with Gasteiger partial charge in [-0.1, -0.05) is 156 Å². The van der Waals surface area contributed by atoms with E-state index in [0.29, 0.717) is 23.7 Å². The number of fused-ring (bicyclic) bond motifs is 10. The molecule has 8 aliphatic carbocycles. The highest BCUT2D eigenvalue weighted by molar-refractivity contribution is 5.70. The van der Waals surface area contributed by atoms with Gasteiger partial charge >= 0.3 is 11.9 Å². The zero-order valence-electron chi connectivity index (χ0n) is 49.5. The molecule has 0 saturated heterocycles. The van der Waals surface area contributed by atoms with E-state index in [0.717, 1.165) is 148 Å². The lowest BCUT2D eigenvalue weighted by atomic mass is 9.47. The molecule has 16 atom stereocenters. The summed E-state index contributed by atoms with van der Waals surface area (Å²) in [7, 11) is 0. The number of rotatable bonds is 22. The van der Waals surface area contributed by atoms with Crippen LogP contribution < -0.4 is 0 Å². The van der Waals surface area contributed by atoms with Crippen LogP contribution in [0.15, 0.2) is 23.3 Å². The minimum absolute atomic E-state index is 0.0119. The maximum Gasteiger partial charge on any atom is 0.306 e. The Balaban J connectivity index is 0.652. The van der Waals surface area contributed by atoms with E-state index >= 15 is 0 Å². The van der Waals surface area contributed by atoms with Gasteiger partial charge in [-0.2, -0.15) is 0 Å². The molecule has 74 heavy (non-hydrogen) atoms. The number of carbonyl (C=O) groups is 2. The number of carbonyl (C=O) groups excluding carboxylic acids is 2. The van der Waals surface area contributed by atoms with Crippen LogP contribution in [0.1, 0.15) is 275 Å². The van der Waals surface area contributed by atoms with Crippen LogP contribution in [0.5, 0.6) is 0 Å². The second-order valence-corrected chi connectivity index (χ2v) is 29.0. The number of esters is 2. The van der Waals surface area contributed by atoms with Crippen LogP contribution in [0, 0.1) is 116 Å². The molecule has 414 valence electrons. The highest BCUT2D eigenvalue weighted by Crippen LogP contribution is 2.69. The summed E-state index contributed by atoms with van der Waals surface area (Å²) in [6.45, 7) is 25.2. The first-order valence-electron chi connectivity index (χ1n) is 32.2. The molecule has 0 amide bonds. The molecule has 4 heteroatoms. The third-order valence-corrected chi connectivity index (χ3v) is 23.7. The summed E-state index contributed by atoms with van der Waals surface area (Å²) in [6.07, 6.45) is 42.3. The van der Waals surface area contributed by atoms with E-state index in [9.17, 15) is 9.59 Å². The van der Waals surface area contributed by atoms with Crippen LogP contribution in [0.4, 0.5) is 0 Å². The number of allylic oxidation sites excluding steroid dienone is 2. The van der Waals surface area contributed by atoms with Crippen LogP contribution in [0.25, 0.3) is 0 Å². The summed E-state index contributed by atoms with van der Waals surface area (Å²) in [4.78, 5) is 26.0. The van der Waals surface area contributed by atoms with Crippen molar-refractivity contribution in [1.29, 1.82) is 0 Å². The van der Waals surface area contributed by atoms with Gasteiger partial charge in [0.1, 0.15) is 12.2 Å². The van der Waals surface area contributed by atoms with Gasteiger partial charge < -0.3 is 9.47 Å². The molecule has 0 aliphatic heterocycles. The molecule has 0 aromatic heterocycles. The lowest BCUT2D eigenvalue weighted by Crippen LogP contribution is -2.51. The Hall–Kier alpha value is -2.46. The van der Waals surface area contributed by atoms with Crippen molar-refractivity contribution < 1.29 is 19.1 Å². The average Bonchev–Trinajstić information content (AvgIpc) is 3.91. The maximum absolute atomic E-state index is 13.0. The molecule has 0 aromatic rings. The predicted octanol–water partition coefficient (Wildman–Crippen LogP) is 18.8. The van der Waals surface area contributed by atoms with E-state index in [2.05, 4.69) is 105 Å². The zero-order chi connectivity index (χ0) is 52.7. The van der Waals surface area contributed by atoms with Gasteiger partial charge in [-0.25, -0.2) is 0 Å². The Bertz CT molecular complexity index is 1920. The van der Waals surface area contributed by atoms with Crippen molar-refractivity contribution in [3.63, 3.8) is 0 Å². The quantitative estimate of drug-likeness (QED) is 0.0469. The van der Waals surface area contributed by atoms with Crippen molar-refractivity contribution in [3.05, 3.63) is 23.3 Å². The monoisotopic (exact) mass is 1010 g/mol. The molecule has 2 unspecified atom stereocenters. The van der Waals surface area contributed by atoms with Crippen molar-refractivity contribution in [1.82, 2.24) is 0 Å². The molecule has 0 aromatic carbocycles. The Kier molecular flexibility index (Phi) is 19.9. The summed E-state index contributed by atoms with van der Waals surface area (Å²) in [6, 6.07) is 0. The first-order valence-corrected chi connectivity index (χ1v) is 32.2. The van der Waals surface area contributed by atoms with E-state index in [1.165, 1.54) is 116 Å². The minimum atomic E-state index is -0.0119. The van der Waals surface area contributed by atoms with Gasteiger partial charge in [0.2, 0.25) is 0 Å². The summed E-state index contributed by atoms with van der Waals surface area (Å²) in [5.74, 6) is 22.7. The number of ether oxygens (including phenoxy) is 2. The number of hydrogen-bond donors (Lipinski definition) is 0. The summed E-state index contributed by atoms with van der Waals surface area (Å²) in [5, 5.41) is 0. The van der Waals surface area contributed by atoms with Crippen LogP contribution in [-0.4, -0.2) is 24.1 Å². The number of unbranched alkanes of at least 4 members (excludes halogenated alkanes) is 6. The fraction of sp³-hybridized carbons (Fsp3) is 0.857. The van der Waals surface area contributed by atoms with Gasteiger partial charge in [-0.05, 0) is 220 Å². The first kappa shape index (κ1) is 57.7. The van der Waals surface area contributed by atoms with Crippen LogP contribution in [0.2, 0.25) is 0 Å². The highest BCUT2D eigenvalue weighted by Gasteiger charge is 2.61. The van der Waals surface area contributed by atoms with Gasteiger partial charge in [0.15, 0.2) is 0 Å². The lowest BCUT2D eigenvalue weighted by Gasteiger charge is -2.58. The van der Waals surface area contributed by atoms with E-state index in [1.807, 2.05) is 0 Å². The molecule has 6 saturated carbocycles. The Labute approximate surface area is 455 Å². The first-order chi connectivity index (χ1) is 35.5. The van der Waals surface area contributed by atoms with Crippen molar-refractivity contribution in [2.75, 3.05) is 0 Å². The topological polar surface area (TPSA) is 52.6 Å². The molecule has 0 spiro atoms. The van der Waals surface area contributed by atoms with Crippen molar-refractivity contribution in [2.45, 2.75) is 287 Å². The van der Waals surface area contributed by atoms with Crippen molar-refractivity contribution >= 4 is 11.9 Å². The van der Waals surface area contributed by atoms with Crippen LogP contribution in [0.3, 0.4) is 0 Å². The third kappa shape index (κ3) is 13.0. The average molecular weight is 1020 g/mol. The van der Waals surface area contributed by atoms with Crippen LogP contribution >= 0.6 is 0 Å². The van der Waals surface area contributed by atoms with Gasteiger partial charge in [0.25, 0.3) is 0 Å². The summed E-state index contributed by atoms with van der Waals surface area (Å²) >= 11 is 0. The smallest absolute Gasteiger partial charge is 0.306 e. The molecule has 8 aliphatic rings. The maximum atomic E-state index is 13.0. The molecule has 0 heterocycles. The molecular formula is C70H110O4. The van der Waals surface area contributed by atoms with Crippen molar-refractivity contribution in [3.8, 4) is 23.7 Å². The SMILES string of the molecule is CC(C)CCC[C@@H](C)[C@H]1CC[C@H]2[C@@H]3CC=C4CC(OC(=O)CCCCCC#CC#CCCCCCC(=O)OC5CC[C@@]6(C)C(=CC[C@H]7[C@@H]8CC[C@H]([C@H](C)CCCC(C)C)[C@@]8(C)CC[C@@H]76)C5)CC[C@]4(C)[C@H]3CC[C@]12C. The molecular weight excluding hydrogens is 905 g/mol. The standard InChI is InChI=1S/C70H110O4/c1-49(2)25-23-27-51(5)59-35-37-61-57-33-31-53-47-55(39-43-67(53,7)63(57)41-45-69(59,61)9)73-65(71)29-21-19-17-15-13-11-12-14-16-18-20-22-30-66(72)74-56-40-44-68(8)54(48-56)32-34-58-62-38-36-60(52(6)28-24-26-50(3)4)70(62,10)46-42-64(58)68/h31-32,49-52,55-64H,15-30,33-48H2,1-10H3/t51-,52-,55?,56?,57+,58+,59-,60-,61+,62+,63+,64+,67+,68+,69-,70-/m1/s1. The molecule has 0 bridgehead atoms. The lowest BCUT2D eigenvalue weighted by molar-refractivity contribution is -0.152. The van der Waals surface area contributed by atoms with E-state index in [4.69, 9.17) is 9.47 Å². The molecule has 6 fully saturated rings. The second kappa shape index (κ2) is 25.6. The Morgan fingerprint density at radius 2 is 0.919 bits per heavy atom. The minimum Gasteiger partial charge on any atom is -0.462 e. The third-order valence-electron chi connectivity index (χ3n) is 23.7. The van der Waals surface area contributed by atoms with Gasteiger partial charge in [0.05, 0.1) is 0 Å². The molecule has 0 N–H and O–H groups in total. The fourth-order valence-corrected chi connectivity index (χ4v) is 19.5.